The van der Waals surface area contributed by atoms with Gasteiger partial charge in [0.05, 0.1) is 28.7 Å². The molecule has 0 bridgehead atoms. The van der Waals surface area contributed by atoms with Gasteiger partial charge in [0, 0.05) is 45.2 Å². The molecular formula is C33H24ClN5O. The van der Waals surface area contributed by atoms with Gasteiger partial charge in [-0.25, -0.2) is 4.68 Å². The van der Waals surface area contributed by atoms with Crippen molar-refractivity contribution in [1.29, 1.82) is 0 Å². The number of nitrogens with zero attached hydrogens (tertiary/aromatic N) is 3. The van der Waals surface area contributed by atoms with Crippen LogP contribution in [0.1, 0.15) is 23.6 Å². The first-order valence-corrected chi connectivity index (χ1v) is 13.5. The van der Waals surface area contributed by atoms with E-state index in [-0.39, 0.29) is 11.6 Å². The molecule has 0 amide bonds. The van der Waals surface area contributed by atoms with E-state index in [0.29, 0.717) is 22.7 Å². The Bertz CT molecular complexity index is 1930. The minimum atomic E-state index is -0.182. The normalized spacial score (nSPS) is 14.7. The number of fused-ring (bicyclic) bond motifs is 1. The van der Waals surface area contributed by atoms with Crippen LogP contribution >= 0.6 is 11.6 Å². The Kier molecular flexibility index (Phi) is 6.02. The summed E-state index contributed by atoms with van der Waals surface area (Å²) >= 11 is 6.42. The molecule has 0 aliphatic carbocycles. The van der Waals surface area contributed by atoms with Gasteiger partial charge in [0.15, 0.2) is 0 Å². The Hall–Kier alpha value is -4.94. The van der Waals surface area contributed by atoms with Crippen molar-refractivity contribution in [1.82, 2.24) is 20.2 Å². The maximum atomic E-state index is 13.6. The number of nitrogens with one attached hydrogen (secondary N) is 2. The maximum absolute atomic E-state index is 13.6. The first-order valence-electron chi connectivity index (χ1n) is 13.1. The van der Waals surface area contributed by atoms with Gasteiger partial charge in [-0.1, -0.05) is 90.5 Å². The van der Waals surface area contributed by atoms with Gasteiger partial charge >= 0.3 is 0 Å². The van der Waals surface area contributed by atoms with Crippen LogP contribution in [0.2, 0.25) is 5.02 Å². The first kappa shape index (κ1) is 24.1. The number of halogens is 1. The molecule has 3 heterocycles. The first-order chi connectivity index (χ1) is 19.7. The number of hydrogen-bond donors (Lipinski definition) is 2. The summed E-state index contributed by atoms with van der Waals surface area (Å²) in [6.45, 7) is 0. The van der Waals surface area contributed by atoms with Gasteiger partial charge < -0.3 is 10.4 Å². The SMILES string of the molecule is O=c1[nH]c2ccc(Cl)cc2c(-c2ccccc2)c1C1=NN[C@H](c2cn(-c3ccccc3)nc2-c2ccccc2)C1. The fourth-order valence-electron chi connectivity index (χ4n) is 5.40. The smallest absolute Gasteiger partial charge is 0.258 e. The molecule has 2 N–H and O–H groups in total. The number of benzene rings is 4. The fraction of sp³-hybridized carbons (Fsp3) is 0.0606. The van der Waals surface area contributed by atoms with Gasteiger partial charge in [-0.15, -0.1) is 0 Å². The van der Waals surface area contributed by atoms with Gasteiger partial charge in [0.1, 0.15) is 0 Å². The summed E-state index contributed by atoms with van der Waals surface area (Å²) in [5.41, 5.74) is 10.7. The number of aromatic nitrogens is 3. The van der Waals surface area contributed by atoms with E-state index in [2.05, 4.69) is 28.7 Å². The molecule has 0 unspecified atom stereocenters. The molecule has 0 saturated carbocycles. The van der Waals surface area contributed by atoms with E-state index >= 15 is 0 Å². The van der Waals surface area contributed by atoms with Crippen LogP contribution in [0, 0.1) is 0 Å². The highest BCUT2D eigenvalue weighted by atomic mass is 35.5. The highest BCUT2D eigenvalue weighted by Crippen LogP contribution is 2.36. The molecule has 0 saturated heterocycles. The van der Waals surface area contributed by atoms with Crippen LogP contribution in [0.3, 0.4) is 0 Å². The lowest BCUT2D eigenvalue weighted by atomic mass is 9.91. The molecule has 7 rings (SSSR count). The zero-order chi connectivity index (χ0) is 27.1. The summed E-state index contributed by atoms with van der Waals surface area (Å²) in [5.74, 6) is 0. The Morgan fingerprint density at radius 2 is 1.48 bits per heavy atom. The predicted molar refractivity (Wildman–Crippen MR) is 161 cm³/mol. The van der Waals surface area contributed by atoms with Gasteiger partial charge in [-0.2, -0.15) is 10.2 Å². The van der Waals surface area contributed by atoms with Crippen molar-refractivity contribution in [2.45, 2.75) is 12.5 Å². The summed E-state index contributed by atoms with van der Waals surface area (Å²) < 4.78 is 1.90. The molecule has 6 aromatic rings. The Labute approximate surface area is 235 Å². The lowest BCUT2D eigenvalue weighted by molar-refractivity contribution is 0.621. The van der Waals surface area contributed by atoms with E-state index in [1.165, 1.54) is 0 Å². The third-order valence-electron chi connectivity index (χ3n) is 7.27. The van der Waals surface area contributed by atoms with Crippen LogP contribution in [0.15, 0.2) is 125 Å². The minimum absolute atomic E-state index is 0.166. The van der Waals surface area contributed by atoms with Crippen LogP contribution in [-0.2, 0) is 0 Å². The lowest BCUT2D eigenvalue weighted by Gasteiger charge is -2.14. The van der Waals surface area contributed by atoms with E-state index in [9.17, 15) is 4.79 Å². The highest BCUT2D eigenvalue weighted by Gasteiger charge is 2.30. The summed E-state index contributed by atoms with van der Waals surface area (Å²) in [4.78, 5) is 16.7. The van der Waals surface area contributed by atoms with Crippen LogP contribution in [0.25, 0.3) is 39.0 Å². The second kappa shape index (κ2) is 9.98. The second-order valence-electron chi connectivity index (χ2n) is 9.78. The van der Waals surface area contributed by atoms with Crippen molar-refractivity contribution in [3.05, 3.63) is 142 Å². The average molecular weight is 542 g/mol. The van der Waals surface area contributed by atoms with Crippen LogP contribution in [0.5, 0.6) is 0 Å². The van der Waals surface area contributed by atoms with E-state index in [0.717, 1.165) is 44.5 Å². The van der Waals surface area contributed by atoms with Crippen molar-refractivity contribution < 1.29 is 0 Å². The highest BCUT2D eigenvalue weighted by molar-refractivity contribution is 6.31. The fourth-order valence-corrected chi connectivity index (χ4v) is 5.57. The number of aromatic amines is 1. The molecule has 194 valence electrons. The largest absolute Gasteiger partial charge is 0.321 e. The number of hydrazone groups is 1. The molecule has 2 aromatic heterocycles. The molecule has 0 fully saturated rings. The van der Waals surface area contributed by atoms with E-state index in [1.807, 2.05) is 95.7 Å². The van der Waals surface area contributed by atoms with E-state index < -0.39 is 0 Å². The molecule has 0 spiro atoms. The third-order valence-corrected chi connectivity index (χ3v) is 7.50. The van der Waals surface area contributed by atoms with Gasteiger partial charge in [-0.05, 0) is 35.9 Å². The van der Waals surface area contributed by atoms with Crippen molar-refractivity contribution in [2.24, 2.45) is 5.10 Å². The third kappa shape index (κ3) is 4.28. The Balaban J connectivity index is 1.34. The predicted octanol–water partition coefficient (Wildman–Crippen LogP) is 7.14. The zero-order valence-electron chi connectivity index (χ0n) is 21.4. The second-order valence-corrected chi connectivity index (χ2v) is 10.2. The number of rotatable bonds is 5. The Morgan fingerprint density at radius 1 is 0.800 bits per heavy atom. The molecular weight excluding hydrogens is 518 g/mol. The summed E-state index contributed by atoms with van der Waals surface area (Å²) in [7, 11) is 0. The average Bonchev–Trinajstić information content (AvgIpc) is 3.66. The molecule has 1 aliphatic heterocycles. The zero-order valence-corrected chi connectivity index (χ0v) is 22.1. The van der Waals surface area contributed by atoms with E-state index in [4.69, 9.17) is 21.8 Å². The van der Waals surface area contributed by atoms with Gasteiger partial charge in [0.25, 0.3) is 5.56 Å². The summed E-state index contributed by atoms with van der Waals surface area (Å²) in [6, 6.07) is 35.5. The lowest BCUT2D eigenvalue weighted by Crippen LogP contribution is -2.20. The maximum Gasteiger partial charge on any atom is 0.258 e. The van der Waals surface area contributed by atoms with Crippen LogP contribution < -0.4 is 11.0 Å². The van der Waals surface area contributed by atoms with Crippen LogP contribution in [-0.4, -0.2) is 20.5 Å². The van der Waals surface area contributed by atoms with Gasteiger partial charge in [0.2, 0.25) is 0 Å². The van der Waals surface area contributed by atoms with Gasteiger partial charge in [-0.3, -0.25) is 4.79 Å². The Morgan fingerprint density at radius 3 is 2.20 bits per heavy atom. The summed E-state index contributed by atoms with van der Waals surface area (Å²) in [5, 5.41) is 11.2. The quantitative estimate of drug-likeness (QED) is 0.243. The standard InChI is InChI=1S/C33H24ClN5O/c34-23-16-17-27-25(18-23)30(21-10-4-1-5-11-21)31(33(40)35-27)29-19-28(36-37-29)26-20-39(24-14-8-3-9-15-24)38-32(26)22-12-6-2-7-13-22/h1-18,20,28,36H,19H2,(H,35,40)/t28-/m0/s1. The molecule has 6 nitrogen and oxygen atoms in total. The molecule has 0 radical (unpaired) electrons. The molecule has 1 aliphatic rings. The molecule has 4 aromatic carbocycles. The van der Waals surface area contributed by atoms with Crippen molar-refractivity contribution in [3.63, 3.8) is 0 Å². The van der Waals surface area contributed by atoms with Crippen LogP contribution in [0.4, 0.5) is 0 Å². The number of para-hydroxylation sites is 1. The van der Waals surface area contributed by atoms with E-state index in [1.54, 1.807) is 6.07 Å². The molecule has 7 heteroatoms. The topological polar surface area (TPSA) is 75.1 Å². The number of H-pyrrole nitrogens is 1. The monoisotopic (exact) mass is 541 g/mol. The molecule has 40 heavy (non-hydrogen) atoms. The number of pyridine rings is 1. The van der Waals surface area contributed by atoms with Crippen molar-refractivity contribution in [2.75, 3.05) is 0 Å². The molecule has 1 atom stereocenters. The summed E-state index contributed by atoms with van der Waals surface area (Å²) in [6.07, 6.45) is 2.57. The van der Waals surface area contributed by atoms with Crippen molar-refractivity contribution in [3.8, 4) is 28.1 Å². The minimum Gasteiger partial charge on any atom is -0.321 e. The number of hydrogen-bond acceptors (Lipinski definition) is 4. The van der Waals surface area contributed by atoms with Crippen molar-refractivity contribution >= 4 is 28.2 Å².